The van der Waals surface area contributed by atoms with Crippen molar-refractivity contribution in [2.75, 3.05) is 16.8 Å². The summed E-state index contributed by atoms with van der Waals surface area (Å²) in [5.41, 5.74) is 0.445. The van der Waals surface area contributed by atoms with Crippen LogP contribution in [0.3, 0.4) is 0 Å². The van der Waals surface area contributed by atoms with Gasteiger partial charge in [0.2, 0.25) is 11.8 Å². The lowest BCUT2D eigenvalue weighted by molar-refractivity contribution is -0.146. The van der Waals surface area contributed by atoms with E-state index in [1.807, 2.05) is 6.08 Å². The Kier molecular flexibility index (Phi) is 3.05. The van der Waals surface area contributed by atoms with E-state index in [0.29, 0.717) is 17.9 Å². The third kappa shape index (κ3) is 1.98. The van der Waals surface area contributed by atoms with Crippen LogP contribution in [0, 0.1) is 11.8 Å². The second kappa shape index (κ2) is 4.91. The van der Waals surface area contributed by atoms with E-state index < -0.39 is 29.5 Å². The Morgan fingerprint density at radius 1 is 1.33 bits per heavy atom. The maximum Gasteiger partial charge on any atom is 0.310 e. The van der Waals surface area contributed by atoms with Crippen LogP contribution in [0.5, 0.6) is 0 Å². The number of benzene rings is 1. The van der Waals surface area contributed by atoms with Gasteiger partial charge in [-0.25, -0.2) is 0 Å². The van der Waals surface area contributed by atoms with Gasteiger partial charge in [-0.05, 0) is 24.3 Å². The van der Waals surface area contributed by atoms with Gasteiger partial charge in [0.15, 0.2) is 0 Å². The molecule has 124 valence electrons. The molecule has 3 aliphatic rings. The van der Waals surface area contributed by atoms with Gasteiger partial charge in [-0.3, -0.25) is 14.4 Å². The Hall–Kier alpha value is -2.67. The van der Waals surface area contributed by atoms with E-state index in [4.69, 9.17) is 4.74 Å². The quantitative estimate of drug-likeness (QED) is 0.808. The highest BCUT2D eigenvalue weighted by Crippen LogP contribution is 2.52. The van der Waals surface area contributed by atoms with Crippen LogP contribution in [0.1, 0.15) is 6.92 Å². The van der Waals surface area contributed by atoms with Crippen LogP contribution in [0.2, 0.25) is 0 Å². The number of rotatable bonds is 3. The Labute approximate surface area is 137 Å². The normalized spacial score (nSPS) is 33.0. The zero-order chi connectivity index (χ0) is 17.1. The lowest BCUT2D eigenvalue weighted by atomic mass is 9.77. The minimum absolute atomic E-state index is 0.173. The summed E-state index contributed by atoms with van der Waals surface area (Å²) in [6, 6.07) is 6.87. The van der Waals surface area contributed by atoms with E-state index in [0.717, 1.165) is 0 Å². The van der Waals surface area contributed by atoms with E-state index in [-0.39, 0.29) is 11.8 Å². The van der Waals surface area contributed by atoms with E-state index in [1.54, 1.807) is 35.2 Å². The van der Waals surface area contributed by atoms with Crippen LogP contribution >= 0.6 is 0 Å². The molecule has 0 saturated carbocycles. The average Bonchev–Trinajstić information content (AvgIpc) is 3.16. The first-order valence-corrected chi connectivity index (χ1v) is 7.70. The molecule has 7 nitrogen and oxygen atoms in total. The number of carbonyl (C=O) groups excluding carboxylic acids is 2. The van der Waals surface area contributed by atoms with Crippen LogP contribution in [0.4, 0.5) is 11.4 Å². The third-order valence-electron chi connectivity index (χ3n) is 4.88. The number of hydrogen-bond donors (Lipinski definition) is 2. The van der Waals surface area contributed by atoms with Crippen LogP contribution in [-0.4, -0.2) is 41.1 Å². The van der Waals surface area contributed by atoms with Crippen LogP contribution in [-0.2, 0) is 19.1 Å². The molecular weight excluding hydrogens is 312 g/mol. The molecule has 2 saturated heterocycles. The average molecular weight is 328 g/mol. The molecular formula is C17H16N2O5. The molecule has 0 radical (unpaired) electrons. The van der Waals surface area contributed by atoms with Crippen molar-refractivity contribution in [3.8, 4) is 0 Å². The van der Waals surface area contributed by atoms with Gasteiger partial charge in [-0.15, -0.1) is 0 Å². The van der Waals surface area contributed by atoms with Crippen molar-refractivity contribution in [2.24, 2.45) is 11.8 Å². The summed E-state index contributed by atoms with van der Waals surface area (Å²) in [5.74, 6) is -2.95. The molecule has 3 heterocycles. The highest BCUT2D eigenvalue weighted by Gasteiger charge is 2.67. The fraction of sp³-hybridized carbons (Fsp3) is 0.353. The highest BCUT2D eigenvalue weighted by molar-refractivity contribution is 6.02. The van der Waals surface area contributed by atoms with Crippen molar-refractivity contribution >= 4 is 29.2 Å². The SMILES string of the molecule is CC(=O)Nc1ccc(N2C[C@@]34C=C[C@@H](O3)[C@@H](C(=O)O)[C@H]4C2=O)cc1. The summed E-state index contributed by atoms with van der Waals surface area (Å²) in [4.78, 5) is 37.0. The highest BCUT2D eigenvalue weighted by atomic mass is 16.5. The standard InChI is InChI=1S/C17H16N2O5/c1-9(20)18-10-2-4-11(5-3-10)19-8-17-7-6-12(24-17)13(16(22)23)14(17)15(19)21/h2-7,12-14H,8H2,1H3,(H,18,20)(H,22,23)/t12-,13-,14+,17-/m1/s1. The summed E-state index contributed by atoms with van der Waals surface area (Å²) >= 11 is 0. The molecule has 2 N–H and O–H groups in total. The van der Waals surface area contributed by atoms with Gasteiger partial charge < -0.3 is 20.1 Å². The molecule has 7 heteroatoms. The number of nitrogens with one attached hydrogen (secondary N) is 1. The minimum atomic E-state index is -1.01. The molecule has 24 heavy (non-hydrogen) atoms. The molecule has 3 aliphatic heterocycles. The summed E-state index contributed by atoms with van der Waals surface area (Å²) in [7, 11) is 0. The number of nitrogens with zero attached hydrogens (tertiary/aromatic N) is 1. The van der Waals surface area contributed by atoms with E-state index in [2.05, 4.69) is 5.32 Å². The smallest absolute Gasteiger partial charge is 0.310 e. The third-order valence-corrected chi connectivity index (χ3v) is 4.88. The second-order valence-electron chi connectivity index (χ2n) is 6.39. The van der Waals surface area contributed by atoms with Gasteiger partial charge in [0.1, 0.15) is 11.5 Å². The maximum absolute atomic E-state index is 12.8. The van der Waals surface area contributed by atoms with Gasteiger partial charge in [0, 0.05) is 18.3 Å². The monoisotopic (exact) mass is 328 g/mol. The number of carbonyl (C=O) groups is 3. The summed E-state index contributed by atoms with van der Waals surface area (Å²) < 4.78 is 5.84. The molecule has 1 spiro atoms. The topological polar surface area (TPSA) is 95.9 Å². The largest absolute Gasteiger partial charge is 0.481 e. The first-order valence-electron chi connectivity index (χ1n) is 7.70. The molecule has 0 unspecified atom stereocenters. The lowest BCUT2D eigenvalue weighted by Crippen LogP contribution is -2.39. The maximum atomic E-state index is 12.8. The summed E-state index contributed by atoms with van der Waals surface area (Å²) in [5, 5.41) is 12.1. The van der Waals surface area contributed by atoms with E-state index in [1.165, 1.54) is 6.92 Å². The minimum Gasteiger partial charge on any atom is -0.481 e. The number of carboxylic acids is 1. The van der Waals surface area contributed by atoms with Crippen molar-refractivity contribution in [1.29, 1.82) is 0 Å². The van der Waals surface area contributed by atoms with Crippen molar-refractivity contribution < 1.29 is 24.2 Å². The Morgan fingerprint density at radius 3 is 2.67 bits per heavy atom. The first kappa shape index (κ1) is 14.9. The number of hydrogen-bond acceptors (Lipinski definition) is 4. The fourth-order valence-corrected chi connectivity index (χ4v) is 3.93. The molecule has 2 amide bonds. The van der Waals surface area contributed by atoms with Crippen molar-refractivity contribution in [3.63, 3.8) is 0 Å². The molecule has 4 rings (SSSR count). The molecule has 1 aromatic rings. The Balaban J connectivity index is 1.63. The Morgan fingerprint density at radius 2 is 2.04 bits per heavy atom. The van der Waals surface area contributed by atoms with Crippen LogP contribution in [0.25, 0.3) is 0 Å². The van der Waals surface area contributed by atoms with Gasteiger partial charge in [-0.1, -0.05) is 12.2 Å². The zero-order valence-electron chi connectivity index (χ0n) is 12.9. The molecule has 0 aromatic heterocycles. The van der Waals surface area contributed by atoms with Gasteiger partial charge in [-0.2, -0.15) is 0 Å². The zero-order valence-corrected chi connectivity index (χ0v) is 12.9. The fourth-order valence-electron chi connectivity index (χ4n) is 3.93. The summed E-state index contributed by atoms with van der Waals surface area (Å²) in [6.45, 7) is 1.72. The molecule has 2 bridgehead atoms. The molecule has 1 aromatic carbocycles. The number of amides is 2. The predicted molar refractivity (Wildman–Crippen MR) is 84.5 cm³/mol. The number of ether oxygens (including phenoxy) is 1. The van der Waals surface area contributed by atoms with Gasteiger partial charge in [0.05, 0.1) is 18.6 Å². The number of carboxylic acid groups (broad SMARTS) is 1. The van der Waals surface area contributed by atoms with Crippen molar-refractivity contribution in [3.05, 3.63) is 36.4 Å². The number of aliphatic carboxylic acids is 1. The molecule has 4 atom stereocenters. The predicted octanol–water partition coefficient (Wildman–Crippen LogP) is 1.02. The van der Waals surface area contributed by atoms with E-state index >= 15 is 0 Å². The Bertz CT molecular complexity index is 772. The van der Waals surface area contributed by atoms with Gasteiger partial charge >= 0.3 is 5.97 Å². The van der Waals surface area contributed by atoms with Crippen LogP contribution in [0.15, 0.2) is 36.4 Å². The van der Waals surface area contributed by atoms with Crippen LogP contribution < -0.4 is 10.2 Å². The molecule has 2 fully saturated rings. The summed E-state index contributed by atoms with van der Waals surface area (Å²) in [6.07, 6.45) is 3.04. The van der Waals surface area contributed by atoms with Crippen molar-refractivity contribution in [2.45, 2.75) is 18.6 Å². The number of anilines is 2. The molecule has 0 aliphatic carbocycles. The first-order chi connectivity index (χ1) is 11.4. The second-order valence-corrected chi connectivity index (χ2v) is 6.39. The van der Waals surface area contributed by atoms with Crippen molar-refractivity contribution in [1.82, 2.24) is 0 Å². The lowest BCUT2D eigenvalue weighted by Gasteiger charge is -2.21. The van der Waals surface area contributed by atoms with E-state index in [9.17, 15) is 19.5 Å². The van der Waals surface area contributed by atoms with Gasteiger partial charge in [0.25, 0.3) is 0 Å². The number of fused-ring (bicyclic) bond motifs is 1.